The number of hydrogen-bond acceptors (Lipinski definition) is 4. The molecule has 2 heterocycles. The second-order valence-corrected chi connectivity index (χ2v) is 9.11. The number of benzene rings is 1. The van der Waals surface area contributed by atoms with Crippen LogP contribution < -0.4 is 4.72 Å². The maximum absolute atomic E-state index is 12.6. The van der Waals surface area contributed by atoms with E-state index >= 15 is 0 Å². The molecule has 1 aliphatic heterocycles. The van der Waals surface area contributed by atoms with Crippen LogP contribution in [0.1, 0.15) is 36.2 Å². The molecule has 142 valence electrons. The van der Waals surface area contributed by atoms with Gasteiger partial charge in [0, 0.05) is 25.3 Å². The first-order chi connectivity index (χ1) is 13.0. The predicted octanol–water partition coefficient (Wildman–Crippen LogP) is 2.44. The summed E-state index contributed by atoms with van der Waals surface area (Å²) in [5.74, 6) is -0.0498. The third kappa shape index (κ3) is 3.49. The maximum Gasteiger partial charge on any atom is 0.272 e. The van der Waals surface area contributed by atoms with E-state index in [1.807, 2.05) is 11.0 Å². The highest BCUT2D eigenvalue weighted by molar-refractivity contribution is 7.89. The quantitative estimate of drug-likeness (QED) is 0.877. The number of rotatable bonds is 4. The lowest BCUT2D eigenvalue weighted by atomic mass is 9.59. The molecular weight excluding hydrogens is 362 g/mol. The van der Waals surface area contributed by atoms with Crippen molar-refractivity contribution in [1.82, 2.24) is 14.6 Å². The van der Waals surface area contributed by atoms with E-state index in [9.17, 15) is 13.2 Å². The van der Waals surface area contributed by atoms with E-state index in [1.54, 1.807) is 48.7 Å². The molecule has 4 rings (SSSR count). The second-order valence-electron chi connectivity index (χ2n) is 7.40. The lowest BCUT2D eigenvalue weighted by Crippen LogP contribution is -2.59. The van der Waals surface area contributed by atoms with Gasteiger partial charge in [0.15, 0.2) is 0 Å². The minimum atomic E-state index is -3.51. The molecule has 1 N–H and O–H groups in total. The third-order valence-corrected chi connectivity index (χ3v) is 7.44. The molecule has 0 radical (unpaired) electrons. The van der Waals surface area contributed by atoms with Crippen molar-refractivity contribution >= 4 is 15.9 Å². The van der Waals surface area contributed by atoms with Gasteiger partial charge in [0.25, 0.3) is 5.91 Å². The zero-order chi connectivity index (χ0) is 18.9. The number of nitrogens with zero attached hydrogens (tertiary/aromatic N) is 2. The minimum absolute atomic E-state index is 0.0389. The van der Waals surface area contributed by atoms with Crippen molar-refractivity contribution in [2.75, 3.05) is 13.1 Å². The number of pyridine rings is 1. The summed E-state index contributed by atoms with van der Waals surface area (Å²) in [5.41, 5.74) is 0.423. The standard InChI is InChI=1S/C20H23N3O3S/c24-19(17-8-4-5-13-21-17)23-14-11-20(12-15-23)10-9-18(20)22-27(25,26)16-6-2-1-3-7-16/h1-8,13,18,22H,9-12,14-15H2/t18-/m0/s1. The van der Waals surface area contributed by atoms with Crippen molar-refractivity contribution in [3.63, 3.8) is 0 Å². The topological polar surface area (TPSA) is 79.4 Å². The van der Waals surface area contributed by atoms with Crippen molar-refractivity contribution in [3.05, 3.63) is 60.4 Å². The number of carbonyl (C=O) groups excluding carboxylic acids is 1. The van der Waals surface area contributed by atoms with Gasteiger partial charge < -0.3 is 4.90 Å². The lowest BCUT2D eigenvalue weighted by Gasteiger charge is -2.53. The zero-order valence-electron chi connectivity index (χ0n) is 15.0. The molecule has 6 nitrogen and oxygen atoms in total. The van der Waals surface area contributed by atoms with Crippen molar-refractivity contribution in [2.24, 2.45) is 5.41 Å². The van der Waals surface area contributed by atoms with Crippen LogP contribution >= 0.6 is 0 Å². The maximum atomic E-state index is 12.6. The van der Waals surface area contributed by atoms with Gasteiger partial charge >= 0.3 is 0 Å². The molecule has 1 aromatic heterocycles. The molecule has 7 heteroatoms. The van der Waals surface area contributed by atoms with Crippen LogP contribution in [-0.2, 0) is 10.0 Å². The normalized spacial score (nSPS) is 21.6. The van der Waals surface area contributed by atoms with E-state index in [0.29, 0.717) is 23.7 Å². The Balaban J connectivity index is 1.41. The number of nitrogens with one attached hydrogen (secondary N) is 1. The van der Waals surface area contributed by atoms with Crippen LogP contribution in [0.2, 0.25) is 0 Å². The Morgan fingerprint density at radius 3 is 2.33 bits per heavy atom. The first-order valence-electron chi connectivity index (χ1n) is 9.28. The van der Waals surface area contributed by atoms with Gasteiger partial charge in [-0.1, -0.05) is 24.3 Å². The van der Waals surface area contributed by atoms with E-state index in [2.05, 4.69) is 9.71 Å². The van der Waals surface area contributed by atoms with Gasteiger partial charge in [-0.25, -0.2) is 13.1 Å². The SMILES string of the molecule is O=C(c1ccccn1)N1CCC2(CC[C@@H]2NS(=O)(=O)c2ccccc2)CC1. The molecule has 0 unspecified atom stereocenters. The van der Waals surface area contributed by atoms with Crippen molar-refractivity contribution in [2.45, 2.75) is 36.6 Å². The summed E-state index contributed by atoms with van der Waals surface area (Å²) in [6.45, 7) is 1.28. The molecule has 1 spiro atoms. The van der Waals surface area contributed by atoms with E-state index in [1.165, 1.54) is 0 Å². The average molecular weight is 385 g/mol. The molecule has 1 saturated carbocycles. The van der Waals surface area contributed by atoms with Crippen LogP contribution in [0.3, 0.4) is 0 Å². The van der Waals surface area contributed by atoms with E-state index in [0.717, 1.165) is 25.7 Å². The Morgan fingerprint density at radius 1 is 1.04 bits per heavy atom. The summed E-state index contributed by atoms with van der Waals surface area (Å²) in [6.07, 6.45) is 5.10. The summed E-state index contributed by atoms with van der Waals surface area (Å²) < 4.78 is 28.2. The van der Waals surface area contributed by atoms with Crippen LogP contribution in [0.5, 0.6) is 0 Å². The van der Waals surface area contributed by atoms with E-state index in [4.69, 9.17) is 0 Å². The monoisotopic (exact) mass is 385 g/mol. The highest BCUT2D eigenvalue weighted by Gasteiger charge is 2.50. The first kappa shape index (κ1) is 18.1. The fourth-order valence-corrected chi connectivity index (χ4v) is 5.53. The molecule has 0 bridgehead atoms. The van der Waals surface area contributed by atoms with Crippen LogP contribution in [0.25, 0.3) is 0 Å². The van der Waals surface area contributed by atoms with Gasteiger partial charge in [-0.05, 0) is 55.4 Å². The number of piperidine rings is 1. The molecule has 1 amide bonds. The highest BCUT2D eigenvalue weighted by atomic mass is 32.2. The van der Waals surface area contributed by atoms with Gasteiger partial charge in [-0.3, -0.25) is 9.78 Å². The highest BCUT2D eigenvalue weighted by Crippen LogP contribution is 2.49. The molecule has 2 aliphatic rings. The van der Waals surface area contributed by atoms with Crippen LogP contribution in [0.15, 0.2) is 59.6 Å². The molecular formula is C20H23N3O3S. The second kappa shape index (κ2) is 7.05. The third-order valence-electron chi connectivity index (χ3n) is 5.95. The fourth-order valence-electron chi connectivity index (χ4n) is 4.14. The van der Waals surface area contributed by atoms with Crippen molar-refractivity contribution in [1.29, 1.82) is 0 Å². The first-order valence-corrected chi connectivity index (χ1v) is 10.8. The summed E-state index contributed by atoms with van der Waals surface area (Å²) in [6, 6.07) is 13.8. The minimum Gasteiger partial charge on any atom is -0.337 e. The molecule has 2 aromatic rings. The smallest absolute Gasteiger partial charge is 0.272 e. The van der Waals surface area contributed by atoms with Crippen LogP contribution in [-0.4, -0.2) is 43.3 Å². The summed E-state index contributed by atoms with van der Waals surface area (Å²) in [5, 5.41) is 0. The number of hydrogen-bond donors (Lipinski definition) is 1. The lowest BCUT2D eigenvalue weighted by molar-refractivity contribution is 0.00489. The molecule has 1 aromatic carbocycles. The largest absolute Gasteiger partial charge is 0.337 e. The number of likely N-dealkylation sites (tertiary alicyclic amines) is 1. The zero-order valence-corrected chi connectivity index (χ0v) is 15.9. The number of sulfonamides is 1. The van der Waals surface area contributed by atoms with Gasteiger partial charge in [-0.2, -0.15) is 0 Å². The van der Waals surface area contributed by atoms with E-state index in [-0.39, 0.29) is 17.4 Å². The Labute approximate surface area is 159 Å². The Morgan fingerprint density at radius 2 is 1.74 bits per heavy atom. The van der Waals surface area contributed by atoms with E-state index < -0.39 is 10.0 Å². The fraction of sp³-hybridized carbons (Fsp3) is 0.400. The Hall–Kier alpha value is -2.25. The van der Waals surface area contributed by atoms with Gasteiger partial charge in [0.05, 0.1) is 4.90 Å². The van der Waals surface area contributed by atoms with Crippen LogP contribution in [0.4, 0.5) is 0 Å². The summed E-state index contributed by atoms with van der Waals surface area (Å²) in [4.78, 5) is 18.8. The predicted molar refractivity (Wildman–Crippen MR) is 102 cm³/mol. The Bertz CT molecular complexity index is 908. The number of aromatic nitrogens is 1. The van der Waals surface area contributed by atoms with Crippen molar-refractivity contribution < 1.29 is 13.2 Å². The summed E-state index contributed by atoms with van der Waals surface area (Å²) >= 11 is 0. The molecule has 2 fully saturated rings. The molecule has 1 aliphatic carbocycles. The molecule has 1 saturated heterocycles. The summed E-state index contributed by atoms with van der Waals surface area (Å²) in [7, 11) is -3.51. The van der Waals surface area contributed by atoms with Crippen molar-refractivity contribution in [3.8, 4) is 0 Å². The number of amides is 1. The average Bonchev–Trinajstić information content (AvgIpc) is 2.72. The van der Waals surface area contributed by atoms with Gasteiger partial charge in [-0.15, -0.1) is 0 Å². The molecule has 1 atom stereocenters. The van der Waals surface area contributed by atoms with Gasteiger partial charge in [0.1, 0.15) is 5.69 Å². The Kier molecular flexibility index (Phi) is 4.74. The van der Waals surface area contributed by atoms with Crippen LogP contribution in [0, 0.1) is 5.41 Å². The number of carbonyl (C=O) groups is 1. The van der Waals surface area contributed by atoms with Gasteiger partial charge in [0.2, 0.25) is 10.0 Å². The molecule has 27 heavy (non-hydrogen) atoms.